The van der Waals surface area contributed by atoms with Gasteiger partial charge >= 0.3 is 5.97 Å². The zero-order valence-electron chi connectivity index (χ0n) is 12.3. The Morgan fingerprint density at radius 2 is 2.09 bits per heavy atom. The van der Waals surface area contributed by atoms with Crippen molar-refractivity contribution in [3.8, 4) is 10.6 Å². The number of methoxy groups -OCH3 is 1. The highest BCUT2D eigenvalue weighted by molar-refractivity contribution is 7.13. The molecule has 0 spiro atoms. The van der Waals surface area contributed by atoms with Gasteiger partial charge in [0.2, 0.25) is 5.91 Å². The summed E-state index contributed by atoms with van der Waals surface area (Å²) in [6.45, 7) is -0.0845. The molecule has 2 aromatic rings. The Bertz CT molecular complexity index is 687. The molecule has 0 fully saturated rings. The molecule has 1 atom stereocenters. The monoisotopic (exact) mass is 354 g/mol. The highest BCUT2D eigenvalue weighted by atomic mass is 35.5. The second-order valence-electron chi connectivity index (χ2n) is 4.69. The summed E-state index contributed by atoms with van der Waals surface area (Å²) in [7, 11) is 1.28. The number of nitrogens with one attached hydrogen (secondary N) is 1. The van der Waals surface area contributed by atoms with Crippen LogP contribution in [0.4, 0.5) is 0 Å². The van der Waals surface area contributed by atoms with Gasteiger partial charge in [-0.1, -0.05) is 23.7 Å². The number of ether oxygens (including phenoxy) is 1. The quantitative estimate of drug-likeness (QED) is 0.796. The fourth-order valence-corrected chi connectivity index (χ4v) is 2.77. The molecule has 0 radical (unpaired) electrons. The first kappa shape index (κ1) is 17.4. The molecule has 0 bridgehead atoms. The maximum atomic E-state index is 11.8. The van der Waals surface area contributed by atoms with Gasteiger partial charge in [-0.15, -0.1) is 11.3 Å². The van der Waals surface area contributed by atoms with Gasteiger partial charge in [0.15, 0.2) is 6.10 Å². The summed E-state index contributed by atoms with van der Waals surface area (Å²) in [4.78, 5) is 27.0. The molecule has 122 valence electrons. The van der Waals surface area contributed by atoms with E-state index in [0.717, 1.165) is 10.6 Å². The van der Waals surface area contributed by atoms with Crippen LogP contribution in [0.15, 0.2) is 29.6 Å². The molecule has 1 amide bonds. The Hall–Kier alpha value is -1.96. The number of thiazole rings is 1. The summed E-state index contributed by atoms with van der Waals surface area (Å²) in [6.07, 6.45) is -0.973. The van der Waals surface area contributed by atoms with Gasteiger partial charge in [0.05, 0.1) is 18.7 Å². The molecule has 6 nitrogen and oxygen atoms in total. The van der Waals surface area contributed by atoms with Crippen LogP contribution < -0.4 is 5.32 Å². The second-order valence-corrected chi connectivity index (χ2v) is 5.99. The minimum absolute atomic E-state index is 0.0835. The fraction of sp³-hybridized carbons (Fsp3) is 0.267. The molecule has 0 aliphatic heterocycles. The van der Waals surface area contributed by atoms with Gasteiger partial charge in [0, 0.05) is 23.1 Å². The summed E-state index contributed by atoms with van der Waals surface area (Å²) in [5, 5.41) is 14.6. The summed E-state index contributed by atoms with van der Waals surface area (Å²) >= 11 is 7.28. The lowest BCUT2D eigenvalue weighted by atomic mass is 10.2. The maximum absolute atomic E-state index is 11.8. The molecule has 23 heavy (non-hydrogen) atoms. The molecule has 8 heteroatoms. The summed E-state index contributed by atoms with van der Waals surface area (Å²) in [6, 6.07) is 7.28. The molecule has 1 aromatic heterocycles. The summed E-state index contributed by atoms with van der Waals surface area (Å²) in [5.74, 6) is -1.42. The van der Waals surface area contributed by atoms with Crippen molar-refractivity contribution in [1.82, 2.24) is 10.3 Å². The Morgan fingerprint density at radius 1 is 1.39 bits per heavy atom. The minimum Gasteiger partial charge on any atom is -0.479 e. The molecule has 1 unspecified atom stereocenters. The highest BCUT2D eigenvalue weighted by Crippen LogP contribution is 2.25. The molecule has 2 N–H and O–H groups in total. The number of rotatable bonds is 7. The van der Waals surface area contributed by atoms with Crippen LogP contribution in [0.3, 0.4) is 0 Å². The molecule has 0 aliphatic carbocycles. The van der Waals surface area contributed by atoms with Gasteiger partial charge in [0.1, 0.15) is 5.01 Å². The average Bonchev–Trinajstić information content (AvgIpc) is 2.96. The molecule has 1 aromatic carbocycles. The largest absolute Gasteiger partial charge is 0.479 e. The Balaban J connectivity index is 1.92. The third kappa shape index (κ3) is 5.02. The second kappa shape index (κ2) is 8.05. The smallest absolute Gasteiger partial charge is 0.334 e. The van der Waals surface area contributed by atoms with Crippen molar-refractivity contribution in [1.29, 1.82) is 0 Å². The van der Waals surface area contributed by atoms with E-state index in [1.807, 2.05) is 12.1 Å². The molecule has 0 saturated heterocycles. The van der Waals surface area contributed by atoms with Crippen LogP contribution in [0.25, 0.3) is 10.6 Å². The Kier molecular flexibility index (Phi) is 6.09. The van der Waals surface area contributed by atoms with E-state index < -0.39 is 12.1 Å². The van der Waals surface area contributed by atoms with Crippen molar-refractivity contribution in [2.75, 3.05) is 13.7 Å². The van der Waals surface area contributed by atoms with Gasteiger partial charge in [-0.3, -0.25) is 4.79 Å². The van der Waals surface area contributed by atoms with E-state index in [1.54, 1.807) is 17.5 Å². The summed E-state index contributed by atoms with van der Waals surface area (Å²) < 4.78 is 4.75. The minimum atomic E-state index is -1.12. The van der Waals surface area contributed by atoms with Crippen LogP contribution in [0.2, 0.25) is 5.02 Å². The van der Waals surface area contributed by atoms with Crippen molar-refractivity contribution in [3.63, 3.8) is 0 Å². The van der Waals surface area contributed by atoms with Gasteiger partial charge in [-0.25, -0.2) is 9.78 Å². The lowest BCUT2D eigenvalue weighted by Gasteiger charge is -2.10. The van der Waals surface area contributed by atoms with E-state index in [4.69, 9.17) is 21.4 Å². The third-order valence-corrected chi connectivity index (χ3v) is 4.22. The van der Waals surface area contributed by atoms with Crippen LogP contribution >= 0.6 is 22.9 Å². The number of carboxylic acid groups (broad SMARTS) is 1. The standard InChI is InChI=1S/C15H15ClN2O4S/c1-22-12(15(20)21)7-17-13(19)6-11-8-23-14(18-11)9-2-4-10(16)5-3-9/h2-5,8,12H,6-7H2,1H3,(H,17,19)(H,20,21). The SMILES string of the molecule is COC(CNC(=O)Cc1csc(-c2ccc(Cl)cc2)n1)C(=O)O. The number of hydrogen-bond acceptors (Lipinski definition) is 5. The van der Waals surface area contributed by atoms with Crippen LogP contribution in [0.5, 0.6) is 0 Å². The van der Waals surface area contributed by atoms with E-state index in [1.165, 1.54) is 18.4 Å². The van der Waals surface area contributed by atoms with Gasteiger partial charge in [0.25, 0.3) is 0 Å². The van der Waals surface area contributed by atoms with Crippen LogP contribution in [-0.2, 0) is 20.7 Å². The number of halogens is 1. The molecular formula is C15H15ClN2O4S. The maximum Gasteiger partial charge on any atom is 0.334 e. The van der Waals surface area contributed by atoms with Crippen LogP contribution in [-0.4, -0.2) is 41.7 Å². The van der Waals surface area contributed by atoms with Crippen LogP contribution in [0, 0.1) is 0 Å². The predicted molar refractivity (Wildman–Crippen MR) is 87.7 cm³/mol. The lowest BCUT2D eigenvalue weighted by Crippen LogP contribution is -2.38. The molecule has 0 aliphatic rings. The topological polar surface area (TPSA) is 88.5 Å². The number of carbonyl (C=O) groups is 2. The Morgan fingerprint density at radius 3 is 2.70 bits per heavy atom. The first-order chi connectivity index (χ1) is 11.0. The number of amides is 1. The van der Waals surface area contributed by atoms with E-state index in [9.17, 15) is 9.59 Å². The molecule has 1 heterocycles. The normalized spacial score (nSPS) is 11.9. The number of nitrogens with zero attached hydrogens (tertiary/aromatic N) is 1. The van der Waals surface area contributed by atoms with E-state index in [0.29, 0.717) is 10.7 Å². The third-order valence-electron chi connectivity index (χ3n) is 3.03. The van der Waals surface area contributed by atoms with Gasteiger partial charge in [-0.2, -0.15) is 0 Å². The number of carbonyl (C=O) groups excluding carboxylic acids is 1. The summed E-state index contributed by atoms with van der Waals surface area (Å²) in [5.41, 5.74) is 1.55. The predicted octanol–water partition coefficient (Wildman–Crippen LogP) is 2.22. The van der Waals surface area contributed by atoms with Gasteiger partial charge < -0.3 is 15.2 Å². The van der Waals surface area contributed by atoms with E-state index >= 15 is 0 Å². The molecule has 2 rings (SSSR count). The highest BCUT2D eigenvalue weighted by Gasteiger charge is 2.17. The molecular weight excluding hydrogens is 340 g/mol. The number of benzene rings is 1. The van der Waals surface area contributed by atoms with Crippen molar-refractivity contribution >= 4 is 34.8 Å². The molecule has 0 saturated carbocycles. The Labute approximate surface area is 142 Å². The average molecular weight is 355 g/mol. The van der Waals surface area contributed by atoms with Crippen molar-refractivity contribution < 1.29 is 19.4 Å². The van der Waals surface area contributed by atoms with E-state index in [2.05, 4.69) is 10.3 Å². The first-order valence-electron chi connectivity index (χ1n) is 6.72. The van der Waals surface area contributed by atoms with Crippen LogP contribution in [0.1, 0.15) is 5.69 Å². The number of carboxylic acids is 1. The van der Waals surface area contributed by atoms with Crippen molar-refractivity contribution in [3.05, 3.63) is 40.4 Å². The fourth-order valence-electron chi connectivity index (χ4n) is 1.82. The lowest BCUT2D eigenvalue weighted by molar-refractivity contribution is -0.148. The number of aliphatic carboxylic acids is 1. The zero-order valence-corrected chi connectivity index (χ0v) is 13.9. The number of hydrogen-bond donors (Lipinski definition) is 2. The van der Waals surface area contributed by atoms with Crippen molar-refractivity contribution in [2.24, 2.45) is 0 Å². The van der Waals surface area contributed by atoms with E-state index in [-0.39, 0.29) is 18.9 Å². The van der Waals surface area contributed by atoms with Crippen molar-refractivity contribution in [2.45, 2.75) is 12.5 Å². The number of aromatic nitrogens is 1. The zero-order chi connectivity index (χ0) is 16.8. The first-order valence-corrected chi connectivity index (χ1v) is 7.98. The van der Waals surface area contributed by atoms with Gasteiger partial charge in [-0.05, 0) is 12.1 Å².